The van der Waals surface area contributed by atoms with Gasteiger partial charge in [0.25, 0.3) is 0 Å². The average molecular weight is 281 g/mol. The number of carbonyl (C=O) groups excluding carboxylic acids is 1. The molecule has 0 aliphatic rings. The number of nitrogens with one attached hydrogen (secondary N) is 1. The van der Waals surface area contributed by atoms with Crippen LogP contribution < -0.4 is 5.32 Å². The van der Waals surface area contributed by atoms with Gasteiger partial charge in [0.2, 0.25) is 5.91 Å². The van der Waals surface area contributed by atoms with Crippen molar-refractivity contribution in [3.63, 3.8) is 0 Å². The summed E-state index contributed by atoms with van der Waals surface area (Å²) in [6.45, 7) is 2.37. The Morgan fingerprint density at radius 2 is 2.22 bits per heavy atom. The molecular formula is C13H13ClN2OS. The van der Waals surface area contributed by atoms with Gasteiger partial charge in [0.15, 0.2) is 0 Å². The summed E-state index contributed by atoms with van der Waals surface area (Å²) < 4.78 is 0. The van der Waals surface area contributed by atoms with E-state index in [0.717, 1.165) is 16.3 Å². The maximum atomic E-state index is 11.7. The van der Waals surface area contributed by atoms with E-state index >= 15 is 0 Å². The zero-order valence-electron chi connectivity index (χ0n) is 9.94. The highest BCUT2D eigenvalue weighted by atomic mass is 35.5. The van der Waals surface area contributed by atoms with Crippen molar-refractivity contribution >= 4 is 28.8 Å². The molecule has 0 unspecified atom stereocenters. The van der Waals surface area contributed by atoms with E-state index in [0.29, 0.717) is 18.0 Å². The van der Waals surface area contributed by atoms with Gasteiger partial charge in [-0.05, 0) is 18.6 Å². The molecule has 0 radical (unpaired) electrons. The molecule has 0 aliphatic carbocycles. The Morgan fingerprint density at radius 3 is 2.89 bits per heavy atom. The van der Waals surface area contributed by atoms with Gasteiger partial charge in [-0.3, -0.25) is 4.79 Å². The van der Waals surface area contributed by atoms with Crippen molar-refractivity contribution in [3.05, 3.63) is 50.9 Å². The van der Waals surface area contributed by atoms with E-state index in [-0.39, 0.29) is 5.91 Å². The van der Waals surface area contributed by atoms with Crippen LogP contribution in [0.4, 0.5) is 0 Å². The lowest BCUT2D eigenvalue weighted by Crippen LogP contribution is -2.24. The number of benzene rings is 1. The first-order chi connectivity index (χ1) is 8.65. The molecule has 5 heteroatoms. The topological polar surface area (TPSA) is 42.0 Å². The molecule has 1 amide bonds. The minimum atomic E-state index is -0.0415. The standard InChI is InChI=1S/C13H13ClN2OS/c1-9-16-11(8-18-9)6-13(17)15-7-10-4-2-3-5-12(10)14/h2-5,8H,6-7H2,1H3,(H,15,17). The fraction of sp³-hybridized carbons (Fsp3) is 0.231. The minimum Gasteiger partial charge on any atom is -0.352 e. The van der Waals surface area contributed by atoms with Gasteiger partial charge in [-0.15, -0.1) is 11.3 Å². The van der Waals surface area contributed by atoms with Gasteiger partial charge < -0.3 is 5.32 Å². The molecule has 1 N–H and O–H groups in total. The van der Waals surface area contributed by atoms with E-state index in [2.05, 4.69) is 10.3 Å². The highest BCUT2D eigenvalue weighted by molar-refractivity contribution is 7.09. The van der Waals surface area contributed by atoms with Crippen molar-refractivity contribution in [1.29, 1.82) is 0 Å². The molecule has 2 aromatic rings. The van der Waals surface area contributed by atoms with Crippen molar-refractivity contribution in [2.45, 2.75) is 19.9 Å². The van der Waals surface area contributed by atoms with E-state index in [1.54, 1.807) is 11.3 Å². The molecule has 0 spiro atoms. The molecule has 0 saturated heterocycles. The lowest BCUT2D eigenvalue weighted by molar-refractivity contribution is -0.120. The van der Waals surface area contributed by atoms with Crippen LogP contribution in [0.2, 0.25) is 5.02 Å². The predicted octanol–water partition coefficient (Wildman–Crippen LogP) is 2.96. The first-order valence-electron chi connectivity index (χ1n) is 5.56. The predicted molar refractivity (Wildman–Crippen MR) is 73.9 cm³/mol. The number of hydrogen-bond acceptors (Lipinski definition) is 3. The fourth-order valence-electron chi connectivity index (χ4n) is 1.55. The second kappa shape index (κ2) is 5.98. The van der Waals surface area contributed by atoms with Gasteiger partial charge in [0.1, 0.15) is 0 Å². The van der Waals surface area contributed by atoms with Crippen LogP contribution in [0.15, 0.2) is 29.6 Å². The van der Waals surface area contributed by atoms with Crippen molar-refractivity contribution in [2.75, 3.05) is 0 Å². The summed E-state index contributed by atoms with van der Waals surface area (Å²) in [5, 5.41) is 6.39. The molecule has 18 heavy (non-hydrogen) atoms. The van der Waals surface area contributed by atoms with E-state index in [1.807, 2.05) is 36.6 Å². The molecule has 1 aromatic heterocycles. The number of aromatic nitrogens is 1. The van der Waals surface area contributed by atoms with Crippen LogP contribution in [0.5, 0.6) is 0 Å². The number of thiazole rings is 1. The lowest BCUT2D eigenvalue weighted by atomic mass is 10.2. The molecule has 0 saturated carbocycles. The summed E-state index contributed by atoms with van der Waals surface area (Å²) >= 11 is 7.56. The number of amides is 1. The van der Waals surface area contributed by atoms with Crippen LogP contribution in [-0.2, 0) is 17.8 Å². The summed E-state index contributed by atoms with van der Waals surface area (Å²) in [4.78, 5) is 16.0. The Hall–Kier alpha value is -1.39. The Labute approximate surface area is 115 Å². The van der Waals surface area contributed by atoms with E-state index in [9.17, 15) is 4.79 Å². The van der Waals surface area contributed by atoms with Crippen LogP contribution in [0, 0.1) is 6.92 Å². The first kappa shape index (κ1) is 13.1. The highest BCUT2D eigenvalue weighted by Gasteiger charge is 2.07. The molecule has 0 bridgehead atoms. The molecule has 3 nitrogen and oxygen atoms in total. The lowest BCUT2D eigenvalue weighted by Gasteiger charge is -2.05. The summed E-state index contributed by atoms with van der Waals surface area (Å²) in [7, 11) is 0. The molecule has 1 aromatic carbocycles. The summed E-state index contributed by atoms with van der Waals surface area (Å²) in [5.74, 6) is -0.0415. The van der Waals surface area contributed by atoms with Gasteiger partial charge in [-0.1, -0.05) is 29.8 Å². The molecule has 0 aliphatic heterocycles. The third-order valence-corrected chi connectivity index (χ3v) is 3.63. The van der Waals surface area contributed by atoms with Crippen LogP contribution in [-0.4, -0.2) is 10.9 Å². The number of carbonyl (C=O) groups is 1. The molecule has 0 fully saturated rings. The van der Waals surface area contributed by atoms with Gasteiger partial charge in [0.05, 0.1) is 17.1 Å². The van der Waals surface area contributed by atoms with Gasteiger partial charge >= 0.3 is 0 Å². The smallest absolute Gasteiger partial charge is 0.226 e. The van der Waals surface area contributed by atoms with E-state index in [1.165, 1.54) is 0 Å². The largest absolute Gasteiger partial charge is 0.352 e. The zero-order chi connectivity index (χ0) is 13.0. The maximum Gasteiger partial charge on any atom is 0.226 e. The normalized spacial score (nSPS) is 10.3. The van der Waals surface area contributed by atoms with Crippen LogP contribution in [0.25, 0.3) is 0 Å². The van der Waals surface area contributed by atoms with E-state index < -0.39 is 0 Å². The fourth-order valence-corrected chi connectivity index (χ4v) is 2.37. The number of nitrogens with zero attached hydrogens (tertiary/aromatic N) is 1. The third-order valence-electron chi connectivity index (χ3n) is 2.44. The summed E-state index contributed by atoms with van der Waals surface area (Å²) in [5.41, 5.74) is 1.73. The second-order valence-corrected chi connectivity index (χ2v) is 5.37. The van der Waals surface area contributed by atoms with Gasteiger partial charge in [-0.2, -0.15) is 0 Å². The Bertz CT molecular complexity index is 553. The van der Waals surface area contributed by atoms with Crippen molar-refractivity contribution in [1.82, 2.24) is 10.3 Å². The van der Waals surface area contributed by atoms with Crippen molar-refractivity contribution < 1.29 is 4.79 Å². The third kappa shape index (κ3) is 3.55. The number of aryl methyl sites for hydroxylation is 1. The number of hydrogen-bond donors (Lipinski definition) is 1. The van der Waals surface area contributed by atoms with Gasteiger partial charge in [0, 0.05) is 16.9 Å². The maximum absolute atomic E-state index is 11.7. The number of halogens is 1. The van der Waals surface area contributed by atoms with Crippen LogP contribution in [0.1, 0.15) is 16.3 Å². The Balaban J connectivity index is 1.87. The van der Waals surface area contributed by atoms with Crippen LogP contribution in [0.3, 0.4) is 0 Å². The molecule has 2 rings (SSSR count). The van der Waals surface area contributed by atoms with E-state index in [4.69, 9.17) is 11.6 Å². The monoisotopic (exact) mass is 280 g/mol. The highest BCUT2D eigenvalue weighted by Crippen LogP contribution is 2.14. The Kier molecular flexibility index (Phi) is 4.33. The second-order valence-electron chi connectivity index (χ2n) is 3.90. The summed E-state index contributed by atoms with van der Waals surface area (Å²) in [6.07, 6.45) is 0.314. The molecular weight excluding hydrogens is 268 g/mol. The summed E-state index contributed by atoms with van der Waals surface area (Å²) in [6, 6.07) is 7.48. The SMILES string of the molecule is Cc1nc(CC(=O)NCc2ccccc2Cl)cs1. The first-order valence-corrected chi connectivity index (χ1v) is 6.82. The quantitative estimate of drug-likeness (QED) is 0.935. The average Bonchev–Trinajstić information content (AvgIpc) is 2.74. The number of rotatable bonds is 4. The molecule has 94 valence electrons. The van der Waals surface area contributed by atoms with Crippen molar-refractivity contribution in [2.24, 2.45) is 0 Å². The molecule has 1 heterocycles. The van der Waals surface area contributed by atoms with Gasteiger partial charge in [-0.25, -0.2) is 4.98 Å². The molecule has 0 atom stereocenters. The van der Waals surface area contributed by atoms with Crippen LogP contribution >= 0.6 is 22.9 Å². The van der Waals surface area contributed by atoms with Crippen molar-refractivity contribution in [3.8, 4) is 0 Å². The minimum absolute atomic E-state index is 0.0415. The zero-order valence-corrected chi connectivity index (χ0v) is 11.5. The Morgan fingerprint density at radius 1 is 1.44 bits per heavy atom.